The van der Waals surface area contributed by atoms with Gasteiger partial charge in [0.15, 0.2) is 5.82 Å². The molecule has 1 atom stereocenters. The molecule has 2 fully saturated rings. The summed E-state index contributed by atoms with van der Waals surface area (Å²) in [6.07, 6.45) is 6.29. The first-order valence-corrected chi connectivity index (χ1v) is 7.66. The highest BCUT2D eigenvalue weighted by Crippen LogP contribution is 2.29. The van der Waals surface area contributed by atoms with Gasteiger partial charge in [0, 0.05) is 19.7 Å². The molecule has 0 spiro atoms. The van der Waals surface area contributed by atoms with E-state index in [0.717, 1.165) is 45.1 Å². The van der Waals surface area contributed by atoms with Crippen LogP contribution in [0.5, 0.6) is 0 Å². The van der Waals surface area contributed by atoms with E-state index in [1.807, 2.05) is 4.90 Å². The monoisotopic (exact) mass is 294 g/mol. The van der Waals surface area contributed by atoms with Gasteiger partial charge in [0.1, 0.15) is 6.61 Å². The second-order valence-corrected chi connectivity index (χ2v) is 5.76. The summed E-state index contributed by atoms with van der Waals surface area (Å²) in [4.78, 5) is 18.7. The number of carbonyl (C=O) groups excluding carboxylic acids is 1. The van der Waals surface area contributed by atoms with Crippen LogP contribution in [-0.2, 0) is 11.3 Å². The highest BCUT2D eigenvalue weighted by atomic mass is 16.5. The summed E-state index contributed by atoms with van der Waals surface area (Å²) >= 11 is 0. The van der Waals surface area contributed by atoms with Gasteiger partial charge in [-0.05, 0) is 25.7 Å². The van der Waals surface area contributed by atoms with Gasteiger partial charge >= 0.3 is 6.03 Å². The summed E-state index contributed by atoms with van der Waals surface area (Å²) in [5, 5.41) is 7.10. The molecule has 2 heterocycles. The van der Waals surface area contributed by atoms with Crippen molar-refractivity contribution in [1.29, 1.82) is 0 Å². The normalized spacial score (nSPS) is 22.9. The number of methoxy groups -OCH3 is 1. The van der Waals surface area contributed by atoms with Gasteiger partial charge in [0.25, 0.3) is 5.89 Å². The van der Waals surface area contributed by atoms with Gasteiger partial charge < -0.3 is 19.5 Å². The van der Waals surface area contributed by atoms with Crippen molar-refractivity contribution < 1.29 is 14.1 Å². The number of hydrogen-bond donors (Lipinski definition) is 1. The number of aromatic nitrogens is 2. The summed E-state index contributed by atoms with van der Waals surface area (Å²) in [5.74, 6) is 1.05. The van der Waals surface area contributed by atoms with E-state index >= 15 is 0 Å². The van der Waals surface area contributed by atoms with E-state index in [1.165, 1.54) is 0 Å². The number of amides is 2. The van der Waals surface area contributed by atoms with Crippen molar-refractivity contribution in [1.82, 2.24) is 20.4 Å². The highest BCUT2D eigenvalue weighted by molar-refractivity contribution is 5.75. The molecule has 7 heteroatoms. The molecule has 1 aromatic heterocycles. The first-order valence-electron chi connectivity index (χ1n) is 7.66. The summed E-state index contributed by atoms with van der Waals surface area (Å²) in [7, 11) is 1.59. The average molecular weight is 294 g/mol. The van der Waals surface area contributed by atoms with Gasteiger partial charge in [-0.1, -0.05) is 18.0 Å². The van der Waals surface area contributed by atoms with Crippen LogP contribution in [0.25, 0.3) is 0 Å². The van der Waals surface area contributed by atoms with Crippen LogP contribution < -0.4 is 5.32 Å². The number of nitrogens with zero attached hydrogens (tertiary/aromatic N) is 3. The largest absolute Gasteiger partial charge is 0.375 e. The van der Waals surface area contributed by atoms with Crippen molar-refractivity contribution in [2.45, 2.75) is 57.2 Å². The molecule has 0 aromatic carbocycles. The van der Waals surface area contributed by atoms with Gasteiger partial charge in [0.2, 0.25) is 0 Å². The lowest BCUT2D eigenvalue weighted by Gasteiger charge is -2.27. The Hall–Kier alpha value is -1.63. The fourth-order valence-corrected chi connectivity index (χ4v) is 2.69. The zero-order valence-corrected chi connectivity index (χ0v) is 12.4. The lowest BCUT2D eigenvalue weighted by Crippen LogP contribution is -2.43. The molecule has 0 radical (unpaired) electrons. The molecule has 1 aliphatic carbocycles. The molecule has 1 saturated heterocycles. The van der Waals surface area contributed by atoms with Crippen molar-refractivity contribution in [3.05, 3.63) is 11.7 Å². The quantitative estimate of drug-likeness (QED) is 0.918. The van der Waals surface area contributed by atoms with Gasteiger partial charge in [-0.25, -0.2) is 4.79 Å². The Kier molecular flexibility index (Phi) is 4.38. The Labute approximate surface area is 124 Å². The van der Waals surface area contributed by atoms with Crippen molar-refractivity contribution in [2.75, 3.05) is 13.7 Å². The Bertz CT molecular complexity index is 486. The third-order valence-corrected chi connectivity index (χ3v) is 3.97. The van der Waals surface area contributed by atoms with Crippen LogP contribution in [0.1, 0.15) is 56.3 Å². The molecule has 0 unspecified atom stereocenters. The number of nitrogens with one attached hydrogen (secondary N) is 1. The summed E-state index contributed by atoms with van der Waals surface area (Å²) in [6, 6.07) is 0.263. The minimum absolute atomic E-state index is 0.00231. The minimum Gasteiger partial charge on any atom is -0.375 e. The predicted octanol–water partition coefficient (Wildman–Crippen LogP) is 2.01. The molecule has 7 nitrogen and oxygen atoms in total. The maximum Gasteiger partial charge on any atom is 0.318 e. The Morgan fingerprint density at radius 1 is 1.38 bits per heavy atom. The molecule has 3 rings (SSSR count). The molecule has 21 heavy (non-hydrogen) atoms. The van der Waals surface area contributed by atoms with Crippen molar-refractivity contribution in [3.63, 3.8) is 0 Å². The van der Waals surface area contributed by atoms with E-state index < -0.39 is 0 Å². The first-order chi connectivity index (χ1) is 10.3. The molecular weight excluding hydrogens is 272 g/mol. The van der Waals surface area contributed by atoms with Crippen LogP contribution in [0, 0.1) is 0 Å². The number of hydrogen-bond acceptors (Lipinski definition) is 5. The molecular formula is C14H22N4O3. The van der Waals surface area contributed by atoms with Crippen LogP contribution in [0.3, 0.4) is 0 Å². The fraction of sp³-hybridized carbons (Fsp3) is 0.786. The predicted molar refractivity (Wildman–Crippen MR) is 74.5 cm³/mol. The highest BCUT2D eigenvalue weighted by Gasteiger charge is 2.33. The molecule has 116 valence electrons. The van der Waals surface area contributed by atoms with Crippen molar-refractivity contribution >= 4 is 6.03 Å². The number of likely N-dealkylation sites (tertiary alicyclic amines) is 1. The van der Waals surface area contributed by atoms with Gasteiger partial charge in [0.05, 0.1) is 6.04 Å². The third-order valence-electron chi connectivity index (χ3n) is 3.97. The zero-order chi connectivity index (χ0) is 14.7. The Morgan fingerprint density at radius 2 is 2.24 bits per heavy atom. The van der Waals surface area contributed by atoms with E-state index in [-0.39, 0.29) is 12.1 Å². The third kappa shape index (κ3) is 3.53. The van der Waals surface area contributed by atoms with E-state index in [1.54, 1.807) is 7.11 Å². The van der Waals surface area contributed by atoms with E-state index in [0.29, 0.717) is 24.4 Å². The van der Waals surface area contributed by atoms with Gasteiger partial charge in [-0.3, -0.25) is 0 Å². The minimum atomic E-state index is -0.0967. The molecule has 1 saturated carbocycles. The van der Waals surface area contributed by atoms with E-state index in [9.17, 15) is 4.79 Å². The van der Waals surface area contributed by atoms with Crippen LogP contribution in [0.15, 0.2) is 4.52 Å². The van der Waals surface area contributed by atoms with Crippen LogP contribution in [0.4, 0.5) is 4.79 Å². The fourth-order valence-electron chi connectivity index (χ4n) is 2.69. The van der Waals surface area contributed by atoms with Crippen molar-refractivity contribution in [3.8, 4) is 0 Å². The zero-order valence-electron chi connectivity index (χ0n) is 12.4. The lowest BCUT2D eigenvalue weighted by molar-refractivity contribution is 0.151. The molecule has 2 amide bonds. The maximum atomic E-state index is 12.4. The van der Waals surface area contributed by atoms with E-state index in [4.69, 9.17) is 9.26 Å². The average Bonchev–Trinajstić information content (AvgIpc) is 3.22. The number of rotatable bonds is 4. The van der Waals surface area contributed by atoms with Gasteiger partial charge in [-0.15, -0.1) is 0 Å². The molecule has 1 aromatic rings. The SMILES string of the molecule is COCc1nc([C@@H]2CCCCCN2C(=O)NC2CC2)no1. The molecule has 1 aliphatic heterocycles. The summed E-state index contributed by atoms with van der Waals surface area (Å²) in [6.45, 7) is 1.05. The summed E-state index contributed by atoms with van der Waals surface area (Å²) in [5.41, 5.74) is 0. The first kappa shape index (κ1) is 14.3. The van der Waals surface area contributed by atoms with Gasteiger partial charge in [-0.2, -0.15) is 4.98 Å². The number of carbonyl (C=O) groups is 1. The topological polar surface area (TPSA) is 80.5 Å². The standard InChI is InChI=1S/C14H22N4O3/c1-20-9-12-16-13(17-21-12)11-5-3-2-4-8-18(11)14(19)15-10-6-7-10/h10-11H,2-9H2,1H3,(H,15,19)/t11-/m0/s1. The van der Waals surface area contributed by atoms with Crippen LogP contribution in [-0.4, -0.2) is 40.8 Å². The molecule has 2 aliphatic rings. The number of ether oxygens (including phenoxy) is 1. The lowest BCUT2D eigenvalue weighted by atomic mass is 10.1. The number of urea groups is 1. The van der Waals surface area contributed by atoms with Crippen LogP contribution >= 0.6 is 0 Å². The van der Waals surface area contributed by atoms with Crippen LogP contribution in [0.2, 0.25) is 0 Å². The second-order valence-electron chi connectivity index (χ2n) is 5.76. The van der Waals surface area contributed by atoms with E-state index in [2.05, 4.69) is 15.5 Å². The van der Waals surface area contributed by atoms with Crippen molar-refractivity contribution in [2.24, 2.45) is 0 Å². The second kappa shape index (κ2) is 6.43. The smallest absolute Gasteiger partial charge is 0.318 e. The maximum absolute atomic E-state index is 12.4. The summed E-state index contributed by atoms with van der Waals surface area (Å²) < 4.78 is 10.2. The molecule has 1 N–H and O–H groups in total. The molecule has 0 bridgehead atoms. The Morgan fingerprint density at radius 3 is 3.00 bits per heavy atom. The Balaban J connectivity index is 1.74.